The maximum absolute atomic E-state index is 9.06. The fraction of sp³-hybridized carbons (Fsp3) is 0.750. The minimum atomic E-state index is -0.205. The Morgan fingerprint density at radius 3 is 2.45 bits per heavy atom. The van der Waals surface area contributed by atoms with E-state index < -0.39 is 0 Å². The molecule has 0 amide bonds. The molecule has 3 nitrogen and oxygen atoms in total. The van der Waals surface area contributed by atoms with Crippen LogP contribution in [0.4, 0.5) is 0 Å². The molecule has 11 heavy (non-hydrogen) atoms. The molecule has 1 fully saturated rings. The van der Waals surface area contributed by atoms with Gasteiger partial charge in [0.15, 0.2) is 0 Å². The van der Waals surface area contributed by atoms with Crippen molar-refractivity contribution in [1.29, 1.82) is 0 Å². The molecule has 1 unspecified atom stereocenters. The van der Waals surface area contributed by atoms with Gasteiger partial charge in [0.25, 0.3) is 0 Å². The Labute approximate surface area is 67.4 Å². The van der Waals surface area contributed by atoms with Crippen LogP contribution in [0, 0.1) is 12.8 Å². The average molecular weight is 157 g/mol. The molecule has 1 aliphatic rings. The second kappa shape index (κ2) is 6.17. The zero-order valence-electron chi connectivity index (χ0n) is 6.53. The molecule has 1 saturated heterocycles. The van der Waals surface area contributed by atoms with Crippen LogP contribution in [0.2, 0.25) is 0 Å². The van der Waals surface area contributed by atoms with Gasteiger partial charge in [0.05, 0.1) is 12.7 Å². The van der Waals surface area contributed by atoms with Crippen molar-refractivity contribution in [2.45, 2.75) is 25.0 Å². The van der Waals surface area contributed by atoms with E-state index in [1.165, 1.54) is 0 Å². The molecule has 64 valence electrons. The second-order valence-electron chi connectivity index (χ2n) is 2.51. The van der Waals surface area contributed by atoms with Gasteiger partial charge >= 0.3 is 0 Å². The van der Waals surface area contributed by atoms with Crippen LogP contribution < -0.4 is 5.32 Å². The highest BCUT2D eigenvalue weighted by atomic mass is 16.3. The van der Waals surface area contributed by atoms with Crippen molar-refractivity contribution < 1.29 is 10.2 Å². The first-order valence-corrected chi connectivity index (χ1v) is 3.68. The monoisotopic (exact) mass is 157 g/mol. The van der Waals surface area contributed by atoms with Gasteiger partial charge in [-0.25, -0.2) is 0 Å². The standard InChI is InChI=1S/C6H13NO2.C2H2/c8-4-5-3-6(9)1-2-7-5;1-2/h5-9H,1-4H2;1-2H/t5?,6-;/m1./s1. The molecule has 0 spiro atoms. The van der Waals surface area contributed by atoms with Crippen molar-refractivity contribution >= 4 is 0 Å². The summed E-state index contributed by atoms with van der Waals surface area (Å²) >= 11 is 0. The molecule has 0 aliphatic carbocycles. The Hall–Kier alpha value is -0.560. The lowest BCUT2D eigenvalue weighted by atomic mass is 10.0. The van der Waals surface area contributed by atoms with Crippen molar-refractivity contribution in [1.82, 2.24) is 5.32 Å². The van der Waals surface area contributed by atoms with Gasteiger partial charge in [-0.1, -0.05) is 0 Å². The Balaban J connectivity index is 0.000000461. The molecule has 0 aromatic heterocycles. The maximum atomic E-state index is 9.06. The number of aliphatic hydroxyl groups excluding tert-OH is 2. The van der Waals surface area contributed by atoms with Crippen molar-refractivity contribution in [3.8, 4) is 12.8 Å². The van der Waals surface area contributed by atoms with Crippen LogP contribution in [0.1, 0.15) is 12.8 Å². The molecule has 0 aromatic carbocycles. The van der Waals surface area contributed by atoms with Crippen LogP contribution in [0.15, 0.2) is 0 Å². The van der Waals surface area contributed by atoms with Gasteiger partial charge in [-0.2, -0.15) is 0 Å². The Morgan fingerprint density at radius 2 is 2.09 bits per heavy atom. The smallest absolute Gasteiger partial charge is 0.0585 e. The molecule has 2 atom stereocenters. The van der Waals surface area contributed by atoms with Crippen molar-refractivity contribution in [3.05, 3.63) is 0 Å². The Morgan fingerprint density at radius 1 is 1.45 bits per heavy atom. The normalized spacial score (nSPS) is 30.2. The van der Waals surface area contributed by atoms with Crippen LogP contribution in [0.5, 0.6) is 0 Å². The zero-order valence-corrected chi connectivity index (χ0v) is 6.53. The number of hydrogen-bond acceptors (Lipinski definition) is 3. The number of terminal acetylenes is 1. The summed E-state index contributed by atoms with van der Waals surface area (Å²) in [5.74, 6) is 0. The molecule has 0 bridgehead atoms. The van der Waals surface area contributed by atoms with E-state index >= 15 is 0 Å². The van der Waals surface area contributed by atoms with Gasteiger partial charge in [-0.3, -0.25) is 0 Å². The van der Waals surface area contributed by atoms with Crippen molar-refractivity contribution in [2.75, 3.05) is 13.2 Å². The maximum Gasteiger partial charge on any atom is 0.0585 e. The third-order valence-electron chi connectivity index (χ3n) is 1.69. The third kappa shape index (κ3) is 3.99. The highest BCUT2D eigenvalue weighted by Gasteiger charge is 2.17. The number of nitrogens with one attached hydrogen (secondary N) is 1. The topological polar surface area (TPSA) is 52.5 Å². The minimum Gasteiger partial charge on any atom is -0.395 e. The molecular formula is C8H15NO2. The number of piperidine rings is 1. The second-order valence-corrected chi connectivity index (χ2v) is 2.51. The lowest BCUT2D eigenvalue weighted by molar-refractivity contribution is 0.0956. The first-order chi connectivity index (χ1) is 5.33. The van der Waals surface area contributed by atoms with Gasteiger partial charge in [0.2, 0.25) is 0 Å². The first-order valence-electron chi connectivity index (χ1n) is 3.68. The predicted molar refractivity (Wildman–Crippen MR) is 44.0 cm³/mol. The number of aliphatic hydroxyl groups is 2. The summed E-state index contributed by atoms with van der Waals surface area (Å²) < 4.78 is 0. The summed E-state index contributed by atoms with van der Waals surface area (Å²) in [4.78, 5) is 0. The van der Waals surface area contributed by atoms with E-state index in [-0.39, 0.29) is 18.8 Å². The van der Waals surface area contributed by atoms with Gasteiger partial charge in [0.1, 0.15) is 0 Å². The SMILES string of the molecule is C#C.OCC1C[C@H](O)CCN1. The largest absolute Gasteiger partial charge is 0.395 e. The average Bonchev–Trinajstić information content (AvgIpc) is 2.08. The van der Waals surface area contributed by atoms with Crippen LogP contribution in [0.3, 0.4) is 0 Å². The molecule has 3 heteroatoms. The van der Waals surface area contributed by atoms with E-state index in [0.29, 0.717) is 6.42 Å². The van der Waals surface area contributed by atoms with Crippen molar-refractivity contribution in [2.24, 2.45) is 0 Å². The molecule has 1 rings (SSSR count). The quantitative estimate of drug-likeness (QED) is 0.443. The molecule has 0 saturated carbocycles. The number of hydrogen-bond donors (Lipinski definition) is 3. The number of rotatable bonds is 1. The molecule has 0 radical (unpaired) electrons. The zero-order chi connectivity index (χ0) is 8.69. The van der Waals surface area contributed by atoms with E-state index in [4.69, 9.17) is 10.2 Å². The summed E-state index contributed by atoms with van der Waals surface area (Å²) in [7, 11) is 0. The van der Waals surface area contributed by atoms with E-state index in [1.54, 1.807) is 0 Å². The van der Waals surface area contributed by atoms with E-state index in [9.17, 15) is 0 Å². The van der Waals surface area contributed by atoms with E-state index in [1.807, 2.05) is 0 Å². The lowest BCUT2D eigenvalue weighted by Gasteiger charge is -2.25. The predicted octanol–water partition coefficient (Wildman–Crippen LogP) is -0.659. The molecule has 1 heterocycles. The molecule has 1 aliphatic heterocycles. The first kappa shape index (κ1) is 10.4. The van der Waals surface area contributed by atoms with Crippen LogP contribution in [0.25, 0.3) is 0 Å². The Kier molecular flexibility index (Phi) is 5.86. The fourth-order valence-electron chi connectivity index (χ4n) is 1.12. The molecular weight excluding hydrogens is 142 g/mol. The van der Waals surface area contributed by atoms with Gasteiger partial charge < -0.3 is 15.5 Å². The summed E-state index contributed by atoms with van der Waals surface area (Å²) in [6, 6.07) is 0.119. The Bertz CT molecular complexity index is 114. The van der Waals surface area contributed by atoms with Gasteiger partial charge in [-0.15, -0.1) is 12.8 Å². The summed E-state index contributed by atoms with van der Waals surface area (Å²) in [6.45, 7) is 0.962. The summed E-state index contributed by atoms with van der Waals surface area (Å²) in [6.07, 6.45) is 9.30. The summed E-state index contributed by atoms with van der Waals surface area (Å²) in [5, 5.41) is 20.8. The molecule has 0 aromatic rings. The van der Waals surface area contributed by atoms with Crippen molar-refractivity contribution in [3.63, 3.8) is 0 Å². The highest BCUT2D eigenvalue weighted by molar-refractivity contribution is 4.76. The summed E-state index contributed by atoms with van der Waals surface area (Å²) in [5.41, 5.74) is 0. The van der Waals surface area contributed by atoms with E-state index in [2.05, 4.69) is 18.2 Å². The van der Waals surface area contributed by atoms with Crippen LogP contribution in [-0.4, -0.2) is 35.5 Å². The van der Waals surface area contributed by atoms with Crippen LogP contribution >= 0.6 is 0 Å². The fourth-order valence-corrected chi connectivity index (χ4v) is 1.12. The van der Waals surface area contributed by atoms with Crippen LogP contribution in [-0.2, 0) is 0 Å². The highest BCUT2D eigenvalue weighted by Crippen LogP contribution is 2.06. The lowest BCUT2D eigenvalue weighted by Crippen LogP contribution is -2.42. The molecule has 3 N–H and O–H groups in total. The third-order valence-corrected chi connectivity index (χ3v) is 1.69. The van der Waals surface area contributed by atoms with Gasteiger partial charge in [0, 0.05) is 6.04 Å². The van der Waals surface area contributed by atoms with E-state index in [0.717, 1.165) is 13.0 Å². The van der Waals surface area contributed by atoms with Gasteiger partial charge in [-0.05, 0) is 19.4 Å². The minimum absolute atomic E-state index is 0.119.